The second-order valence-electron chi connectivity index (χ2n) is 3.20. The molecule has 0 aromatic heterocycles. The normalized spacial score (nSPS) is 13.2. The van der Waals surface area contributed by atoms with Crippen LogP contribution < -0.4 is 0 Å². The van der Waals surface area contributed by atoms with Crippen LogP contribution in [0.4, 0.5) is 0 Å². The van der Waals surface area contributed by atoms with E-state index in [9.17, 15) is 0 Å². The summed E-state index contributed by atoms with van der Waals surface area (Å²) in [7, 11) is 2.32. The first kappa shape index (κ1) is 9.13. The van der Waals surface area contributed by atoms with E-state index < -0.39 is 0 Å². The standard InChI is InChI=1S/C7H18B2/c1-4-6-7(5-2)9(3)8/h7H,4-6,8H2,1-3H3. The lowest BCUT2D eigenvalue weighted by molar-refractivity contribution is 0.691. The quantitative estimate of drug-likeness (QED) is 0.501. The molecule has 52 valence electrons. The van der Waals surface area contributed by atoms with Crippen LogP contribution in [0.1, 0.15) is 33.1 Å². The minimum Gasteiger partial charge on any atom is -0.0924 e. The molecule has 2 heteroatoms. The molecule has 0 saturated carbocycles. The lowest BCUT2D eigenvalue weighted by atomic mass is 9.27. The van der Waals surface area contributed by atoms with E-state index in [0.717, 1.165) is 12.4 Å². The molecule has 0 heterocycles. The predicted octanol–water partition coefficient (Wildman–Crippen LogP) is 1.82. The summed E-state index contributed by atoms with van der Waals surface area (Å²) >= 11 is 0. The third kappa shape index (κ3) is 3.66. The fraction of sp³-hybridized carbons (Fsp3) is 1.00. The first-order valence-electron chi connectivity index (χ1n) is 4.22. The van der Waals surface area contributed by atoms with Gasteiger partial charge in [0.25, 0.3) is 0 Å². The van der Waals surface area contributed by atoms with Gasteiger partial charge in [-0.1, -0.05) is 45.8 Å². The molecule has 9 heavy (non-hydrogen) atoms. The van der Waals surface area contributed by atoms with Crippen LogP contribution in [-0.4, -0.2) is 14.3 Å². The van der Waals surface area contributed by atoms with E-state index in [-0.39, 0.29) is 0 Å². The maximum atomic E-state index is 2.32. The predicted molar refractivity (Wildman–Crippen MR) is 49.1 cm³/mol. The highest BCUT2D eigenvalue weighted by Crippen LogP contribution is 2.19. The fourth-order valence-electron chi connectivity index (χ4n) is 1.38. The zero-order chi connectivity index (χ0) is 7.28. The van der Waals surface area contributed by atoms with Crippen molar-refractivity contribution >= 4 is 14.3 Å². The topological polar surface area (TPSA) is 0 Å². The van der Waals surface area contributed by atoms with Crippen LogP contribution in [0.25, 0.3) is 0 Å². The SMILES string of the molecule is BB(C)C(CC)CCC. The van der Waals surface area contributed by atoms with Gasteiger partial charge in [-0.15, -0.1) is 0 Å². The number of hydrogen-bond acceptors (Lipinski definition) is 0. The van der Waals surface area contributed by atoms with Crippen LogP contribution in [0.15, 0.2) is 0 Å². The van der Waals surface area contributed by atoms with Crippen LogP contribution >= 0.6 is 0 Å². The van der Waals surface area contributed by atoms with Gasteiger partial charge >= 0.3 is 0 Å². The third-order valence-corrected chi connectivity index (χ3v) is 2.13. The van der Waals surface area contributed by atoms with E-state index in [0.29, 0.717) is 0 Å². The van der Waals surface area contributed by atoms with E-state index in [1.54, 1.807) is 0 Å². The van der Waals surface area contributed by atoms with Crippen molar-refractivity contribution in [3.8, 4) is 0 Å². The molecule has 0 radical (unpaired) electrons. The van der Waals surface area contributed by atoms with E-state index in [4.69, 9.17) is 0 Å². The Hall–Kier alpha value is 0.130. The van der Waals surface area contributed by atoms with Crippen molar-refractivity contribution in [3.05, 3.63) is 0 Å². The van der Waals surface area contributed by atoms with Crippen molar-refractivity contribution in [2.24, 2.45) is 0 Å². The van der Waals surface area contributed by atoms with Crippen LogP contribution in [0.5, 0.6) is 0 Å². The van der Waals surface area contributed by atoms with Crippen molar-refractivity contribution in [3.63, 3.8) is 0 Å². The molecule has 1 unspecified atom stereocenters. The first-order valence-corrected chi connectivity index (χ1v) is 4.22. The third-order valence-electron chi connectivity index (χ3n) is 2.13. The van der Waals surface area contributed by atoms with Crippen molar-refractivity contribution < 1.29 is 0 Å². The molecule has 0 aromatic rings. The Morgan fingerprint density at radius 1 is 1.44 bits per heavy atom. The molecule has 0 aliphatic rings. The van der Waals surface area contributed by atoms with E-state index in [1.165, 1.54) is 19.3 Å². The summed E-state index contributed by atoms with van der Waals surface area (Å²) in [5, 5.41) is 0. The van der Waals surface area contributed by atoms with Gasteiger partial charge in [0.15, 0.2) is 0 Å². The Bertz CT molecular complexity index is 61.9. The summed E-state index contributed by atoms with van der Waals surface area (Å²) in [6.45, 7) is 7.77. The van der Waals surface area contributed by atoms with E-state index in [2.05, 4.69) is 28.4 Å². The second-order valence-corrected chi connectivity index (χ2v) is 3.20. The largest absolute Gasteiger partial charge is 0.101 e. The molecule has 0 nitrogen and oxygen atoms in total. The molecule has 0 amide bonds. The average Bonchev–Trinajstić information content (AvgIpc) is 1.82. The second kappa shape index (κ2) is 4.96. The van der Waals surface area contributed by atoms with Gasteiger partial charge < -0.3 is 0 Å². The van der Waals surface area contributed by atoms with E-state index >= 15 is 0 Å². The van der Waals surface area contributed by atoms with Crippen molar-refractivity contribution in [2.45, 2.75) is 45.8 Å². The minimum absolute atomic E-state index is 0.884. The first-order chi connectivity index (χ1) is 4.22. The van der Waals surface area contributed by atoms with Crippen LogP contribution in [0.2, 0.25) is 12.6 Å². The fourth-order valence-corrected chi connectivity index (χ4v) is 1.38. The molecule has 0 aliphatic carbocycles. The highest BCUT2D eigenvalue weighted by molar-refractivity contribution is 7.03. The average molecular weight is 124 g/mol. The Labute approximate surface area is 60.9 Å². The maximum Gasteiger partial charge on any atom is 0.101 e. The number of hydrogen-bond donors (Lipinski definition) is 0. The van der Waals surface area contributed by atoms with Gasteiger partial charge in [-0.2, -0.15) is 0 Å². The van der Waals surface area contributed by atoms with Crippen molar-refractivity contribution in [1.82, 2.24) is 0 Å². The number of rotatable bonds is 4. The summed E-state index contributed by atoms with van der Waals surface area (Å²) < 4.78 is 0. The van der Waals surface area contributed by atoms with Gasteiger partial charge in [0.2, 0.25) is 0 Å². The Morgan fingerprint density at radius 2 is 2.00 bits per heavy atom. The molecule has 0 rings (SSSR count). The monoisotopic (exact) mass is 124 g/mol. The maximum absolute atomic E-state index is 2.32. The Morgan fingerprint density at radius 3 is 2.11 bits per heavy atom. The van der Waals surface area contributed by atoms with E-state index in [1.807, 2.05) is 0 Å². The molecule has 0 aromatic carbocycles. The molecule has 0 fully saturated rings. The Balaban J connectivity index is 3.41. The molecule has 0 bridgehead atoms. The summed E-state index contributed by atoms with van der Waals surface area (Å²) in [4.78, 5) is 0. The summed E-state index contributed by atoms with van der Waals surface area (Å²) in [5.74, 6) is 0.968. The zero-order valence-electron chi connectivity index (χ0n) is 7.28. The lowest BCUT2D eigenvalue weighted by Gasteiger charge is -2.14. The molecule has 1 atom stereocenters. The van der Waals surface area contributed by atoms with Gasteiger partial charge in [0.1, 0.15) is 6.60 Å². The van der Waals surface area contributed by atoms with Gasteiger partial charge in [-0.3, -0.25) is 0 Å². The van der Waals surface area contributed by atoms with Gasteiger partial charge in [0.05, 0.1) is 7.74 Å². The highest BCUT2D eigenvalue weighted by Gasteiger charge is 2.11. The molecular formula is C7H18B2. The van der Waals surface area contributed by atoms with Gasteiger partial charge in [0, 0.05) is 0 Å². The lowest BCUT2D eigenvalue weighted by Crippen LogP contribution is -2.15. The van der Waals surface area contributed by atoms with Gasteiger partial charge in [-0.25, -0.2) is 0 Å². The van der Waals surface area contributed by atoms with Crippen LogP contribution in [0.3, 0.4) is 0 Å². The van der Waals surface area contributed by atoms with Crippen molar-refractivity contribution in [2.75, 3.05) is 0 Å². The Kier molecular flexibility index (Phi) is 5.03. The molecule has 0 N–H and O–H groups in total. The zero-order valence-corrected chi connectivity index (χ0v) is 7.28. The van der Waals surface area contributed by atoms with Crippen LogP contribution in [0, 0.1) is 0 Å². The minimum atomic E-state index is 0.884. The van der Waals surface area contributed by atoms with Crippen molar-refractivity contribution in [1.29, 1.82) is 0 Å². The van der Waals surface area contributed by atoms with Crippen LogP contribution in [-0.2, 0) is 0 Å². The molecule has 0 saturated heterocycles. The summed E-state index contributed by atoms with van der Waals surface area (Å²) in [6.07, 6.45) is 4.11. The molecule has 0 aliphatic heterocycles. The molecule has 0 spiro atoms. The highest BCUT2D eigenvalue weighted by atomic mass is 14.0. The summed E-state index contributed by atoms with van der Waals surface area (Å²) in [5.41, 5.74) is 0. The smallest absolute Gasteiger partial charge is 0.0924 e. The molecular weight excluding hydrogens is 106 g/mol. The summed E-state index contributed by atoms with van der Waals surface area (Å²) in [6, 6.07) is 0. The van der Waals surface area contributed by atoms with Gasteiger partial charge in [-0.05, 0) is 0 Å².